The van der Waals surface area contributed by atoms with Crippen LogP contribution >= 0.6 is 11.3 Å². The third kappa shape index (κ3) is 1.57. The van der Waals surface area contributed by atoms with Crippen molar-refractivity contribution < 1.29 is 4.39 Å². The minimum absolute atomic E-state index is 0.145. The second-order valence-electron chi connectivity index (χ2n) is 3.83. The Labute approximate surface area is 100 Å². The monoisotopic (exact) mass is 245 g/mol. The molecular weight excluding hydrogens is 237 g/mol. The number of nitrogens with two attached hydrogens (primary N) is 1. The molecule has 0 bridgehead atoms. The first-order valence-electron chi connectivity index (χ1n) is 5.07. The highest BCUT2D eigenvalue weighted by Crippen LogP contribution is 2.26. The van der Waals surface area contributed by atoms with E-state index in [1.54, 1.807) is 24.3 Å². The zero-order chi connectivity index (χ0) is 12.0. The van der Waals surface area contributed by atoms with Gasteiger partial charge in [-0.15, -0.1) is 11.3 Å². The van der Waals surface area contributed by atoms with Crippen LogP contribution in [0.2, 0.25) is 0 Å². The van der Waals surface area contributed by atoms with Crippen LogP contribution in [0.4, 0.5) is 10.1 Å². The molecule has 17 heavy (non-hydrogen) atoms. The largest absolute Gasteiger partial charge is 0.399 e. The molecule has 0 amide bonds. The lowest BCUT2D eigenvalue weighted by Crippen LogP contribution is -2.01. The Morgan fingerprint density at radius 1 is 1.00 bits per heavy atom. The van der Waals surface area contributed by atoms with Crippen LogP contribution < -0.4 is 11.2 Å². The molecule has 0 aliphatic heterocycles. The maximum absolute atomic E-state index is 13.1. The van der Waals surface area contributed by atoms with Gasteiger partial charge in [0.05, 0.1) is 0 Å². The number of rotatable bonds is 0. The van der Waals surface area contributed by atoms with Crippen LogP contribution in [0.25, 0.3) is 20.2 Å². The number of hydrogen-bond donors (Lipinski definition) is 1. The Balaban J connectivity index is 2.57. The van der Waals surface area contributed by atoms with Crippen molar-refractivity contribution in [3.8, 4) is 0 Å². The third-order valence-electron chi connectivity index (χ3n) is 2.66. The molecule has 2 N–H and O–H groups in total. The average molecular weight is 245 g/mol. The van der Waals surface area contributed by atoms with Gasteiger partial charge in [0.25, 0.3) is 0 Å². The lowest BCUT2D eigenvalue weighted by atomic mass is 10.2. The van der Waals surface area contributed by atoms with Crippen LogP contribution in [-0.4, -0.2) is 0 Å². The Hall–Kier alpha value is -1.94. The second-order valence-corrected chi connectivity index (χ2v) is 4.91. The van der Waals surface area contributed by atoms with E-state index in [2.05, 4.69) is 0 Å². The van der Waals surface area contributed by atoms with Crippen molar-refractivity contribution in [2.45, 2.75) is 0 Å². The van der Waals surface area contributed by atoms with Crippen LogP contribution in [0.15, 0.2) is 41.2 Å². The normalized spacial score (nSPS) is 11.1. The number of nitrogen functional groups attached to an aromatic ring is 1. The first-order chi connectivity index (χ1) is 8.15. The number of anilines is 1. The van der Waals surface area contributed by atoms with Crippen molar-refractivity contribution in [2.24, 2.45) is 0 Å². The molecule has 0 saturated carbocycles. The van der Waals surface area contributed by atoms with Gasteiger partial charge in [0.2, 0.25) is 0 Å². The van der Waals surface area contributed by atoms with E-state index >= 15 is 0 Å². The molecule has 3 aromatic rings. The Morgan fingerprint density at radius 3 is 2.65 bits per heavy atom. The summed E-state index contributed by atoms with van der Waals surface area (Å²) >= 11 is 1.44. The van der Waals surface area contributed by atoms with Gasteiger partial charge in [-0.25, -0.2) is 4.39 Å². The highest BCUT2D eigenvalue weighted by Gasteiger charge is 2.06. The van der Waals surface area contributed by atoms with Crippen molar-refractivity contribution in [1.29, 1.82) is 0 Å². The fourth-order valence-corrected chi connectivity index (χ4v) is 2.94. The molecule has 3 rings (SSSR count). The Morgan fingerprint density at radius 2 is 1.82 bits per heavy atom. The molecule has 2 nitrogen and oxygen atoms in total. The van der Waals surface area contributed by atoms with Gasteiger partial charge in [-0.2, -0.15) is 0 Å². The van der Waals surface area contributed by atoms with E-state index in [9.17, 15) is 9.18 Å². The van der Waals surface area contributed by atoms with E-state index in [1.807, 2.05) is 0 Å². The molecule has 0 saturated heterocycles. The summed E-state index contributed by atoms with van der Waals surface area (Å²) in [5.41, 5.74) is 6.16. The molecule has 0 unspecified atom stereocenters. The highest BCUT2D eigenvalue weighted by molar-refractivity contribution is 7.24. The smallest absolute Gasteiger partial charge is 0.195 e. The summed E-state index contributed by atoms with van der Waals surface area (Å²) in [6, 6.07) is 9.40. The van der Waals surface area contributed by atoms with Gasteiger partial charge in [0.1, 0.15) is 5.82 Å². The van der Waals surface area contributed by atoms with E-state index < -0.39 is 5.82 Å². The van der Waals surface area contributed by atoms with Crippen LogP contribution in [0, 0.1) is 5.82 Å². The lowest BCUT2D eigenvalue weighted by Gasteiger charge is -2.01. The molecule has 1 heterocycles. The summed E-state index contributed by atoms with van der Waals surface area (Å²) in [5.74, 6) is -0.392. The fourth-order valence-electron chi connectivity index (χ4n) is 1.84. The predicted octanol–water partition coefficient (Wildman–Crippen LogP) is 3.14. The number of fused-ring (bicyclic) bond motifs is 2. The molecule has 0 aliphatic rings. The topological polar surface area (TPSA) is 43.1 Å². The lowest BCUT2D eigenvalue weighted by molar-refractivity contribution is 0.630. The summed E-state index contributed by atoms with van der Waals surface area (Å²) in [4.78, 5) is 12.2. The van der Waals surface area contributed by atoms with Crippen LogP contribution in [-0.2, 0) is 0 Å². The Kier molecular flexibility index (Phi) is 2.12. The zero-order valence-electron chi connectivity index (χ0n) is 8.74. The third-order valence-corrected chi connectivity index (χ3v) is 3.79. The summed E-state index contributed by atoms with van der Waals surface area (Å²) < 4.78 is 14.7. The average Bonchev–Trinajstić information content (AvgIpc) is 2.30. The van der Waals surface area contributed by atoms with E-state index in [4.69, 9.17) is 5.73 Å². The van der Waals surface area contributed by atoms with Crippen LogP contribution in [0.3, 0.4) is 0 Å². The first-order valence-corrected chi connectivity index (χ1v) is 5.88. The fraction of sp³-hybridized carbons (Fsp3) is 0. The summed E-state index contributed by atoms with van der Waals surface area (Å²) in [6.07, 6.45) is 0. The van der Waals surface area contributed by atoms with E-state index in [-0.39, 0.29) is 5.43 Å². The summed E-state index contributed by atoms with van der Waals surface area (Å²) in [6.45, 7) is 0. The van der Waals surface area contributed by atoms with Gasteiger partial charge in [-0.3, -0.25) is 4.79 Å². The van der Waals surface area contributed by atoms with Gasteiger partial charge in [-0.05, 0) is 36.4 Å². The maximum Gasteiger partial charge on any atom is 0.195 e. The first kappa shape index (κ1) is 10.2. The number of hydrogen-bond acceptors (Lipinski definition) is 3. The minimum Gasteiger partial charge on any atom is -0.399 e. The molecular formula is C13H8FNOS. The quantitative estimate of drug-likeness (QED) is 0.488. The van der Waals surface area contributed by atoms with E-state index in [1.165, 1.54) is 23.5 Å². The molecule has 0 radical (unpaired) electrons. The minimum atomic E-state index is -0.392. The van der Waals surface area contributed by atoms with Gasteiger partial charge < -0.3 is 5.73 Å². The van der Waals surface area contributed by atoms with E-state index in [0.717, 1.165) is 9.40 Å². The van der Waals surface area contributed by atoms with Crippen LogP contribution in [0.1, 0.15) is 0 Å². The van der Waals surface area contributed by atoms with Gasteiger partial charge in [-0.1, -0.05) is 0 Å². The number of benzene rings is 2. The predicted molar refractivity (Wildman–Crippen MR) is 70.0 cm³/mol. The van der Waals surface area contributed by atoms with Gasteiger partial charge >= 0.3 is 0 Å². The molecule has 1 aromatic heterocycles. The SMILES string of the molecule is Nc1ccc2c(=O)c3cc(F)ccc3sc2c1. The van der Waals surface area contributed by atoms with E-state index in [0.29, 0.717) is 16.5 Å². The van der Waals surface area contributed by atoms with Gasteiger partial charge in [0.15, 0.2) is 5.43 Å². The van der Waals surface area contributed by atoms with Crippen molar-refractivity contribution in [2.75, 3.05) is 5.73 Å². The molecule has 0 spiro atoms. The van der Waals surface area contributed by atoms with Gasteiger partial charge in [0, 0.05) is 25.9 Å². The Bertz CT molecular complexity index is 794. The molecule has 0 atom stereocenters. The molecule has 4 heteroatoms. The van der Waals surface area contributed by atoms with Crippen LogP contribution in [0.5, 0.6) is 0 Å². The zero-order valence-corrected chi connectivity index (χ0v) is 9.55. The molecule has 0 fully saturated rings. The van der Waals surface area contributed by atoms with Crippen molar-refractivity contribution >= 4 is 37.2 Å². The summed E-state index contributed by atoms with van der Waals surface area (Å²) in [7, 11) is 0. The standard InChI is InChI=1S/C13H8FNOS/c14-7-1-4-11-10(5-7)13(16)9-3-2-8(15)6-12(9)17-11/h1-6H,15H2. The van der Waals surface area contributed by atoms with Crippen molar-refractivity contribution in [1.82, 2.24) is 0 Å². The number of halogens is 1. The van der Waals surface area contributed by atoms with Crippen molar-refractivity contribution in [3.05, 3.63) is 52.4 Å². The highest BCUT2D eigenvalue weighted by atomic mass is 32.1. The maximum atomic E-state index is 13.1. The summed E-state index contributed by atoms with van der Waals surface area (Å²) in [5, 5.41) is 1.01. The molecule has 0 aliphatic carbocycles. The molecule has 84 valence electrons. The molecule has 2 aromatic carbocycles. The second kappa shape index (κ2) is 3.53. The van der Waals surface area contributed by atoms with Crippen molar-refractivity contribution in [3.63, 3.8) is 0 Å².